The van der Waals surface area contributed by atoms with E-state index in [0.29, 0.717) is 10.9 Å². The van der Waals surface area contributed by atoms with Crippen molar-refractivity contribution < 1.29 is 9.53 Å². The Morgan fingerprint density at radius 2 is 1.53 bits per heavy atom. The summed E-state index contributed by atoms with van der Waals surface area (Å²) in [5.41, 5.74) is 5.31. The van der Waals surface area contributed by atoms with E-state index in [0.717, 1.165) is 26.9 Å². The first-order valence-electron chi connectivity index (χ1n) is 9.38. The molecule has 6 heteroatoms. The number of carbonyl (C=O) groups is 1. The molecule has 150 valence electrons. The quantitative estimate of drug-likeness (QED) is 0.341. The summed E-state index contributed by atoms with van der Waals surface area (Å²) in [4.78, 5) is 16.7. The smallest absolute Gasteiger partial charge is 0.264 e. The minimum Gasteiger partial charge on any atom is -0.484 e. The van der Waals surface area contributed by atoms with Crippen LogP contribution in [0.1, 0.15) is 5.56 Å². The van der Waals surface area contributed by atoms with Crippen LogP contribution >= 0.6 is 27.3 Å². The van der Waals surface area contributed by atoms with E-state index in [2.05, 4.69) is 57.4 Å². The summed E-state index contributed by atoms with van der Waals surface area (Å²) in [6.07, 6.45) is 0. The van der Waals surface area contributed by atoms with Crippen molar-refractivity contribution in [2.75, 3.05) is 11.9 Å². The number of aromatic nitrogens is 1. The lowest BCUT2D eigenvalue weighted by atomic mass is 10.0. The highest BCUT2D eigenvalue weighted by molar-refractivity contribution is 9.10. The number of nitrogens with zero attached hydrogens (tertiary/aromatic N) is 1. The first kappa shape index (κ1) is 20.3. The second-order valence-electron chi connectivity index (χ2n) is 6.77. The lowest BCUT2D eigenvalue weighted by Crippen LogP contribution is -2.20. The summed E-state index contributed by atoms with van der Waals surface area (Å²) in [6.45, 7) is 2.00. The van der Waals surface area contributed by atoms with Gasteiger partial charge in [0.1, 0.15) is 5.75 Å². The van der Waals surface area contributed by atoms with Crippen LogP contribution in [0.3, 0.4) is 0 Å². The third-order valence-corrected chi connectivity index (χ3v) is 5.79. The molecular weight excluding hydrogens is 460 g/mol. The zero-order valence-electron chi connectivity index (χ0n) is 16.3. The van der Waals surface area contributed by atoms with E-state index in [9.17, 15) is 4.79 Å². The molecule has 0 saturated heterocycles. The number of halogens is 1. The Morgan fingerprint density at radius 1 is 0.933 bits per heavy atom. The van der Waals surface area contributed by atoms with Crippen molar-refractivity contribution in [3.63, 3.8) is 0 Å². The zero-order chi connectivity index (χ0) is 20.9. The number of amides is 1. The number of nitrogens with one attached hydrogen (secondary N) is 1. The summed E-state index contributed by atoms with van der Waals surface area (Å²) < 4.78 is 6.63. The van der Waals surface area contributed by atoms with Gasteiger partial charge in [0.25, 0.3) is 5.91 Å². The van der Waals surface area contributed by atoms with Crippen molar-refractivity contribution in [1.29, 1.82) is 0 Å². The largest absolute Gasteiger partial charge is 0.484 e. The first-order valence-corrected chi connectivity index (χ1v) is 11.1. The maximum absolute atomic E-state index is 12.2. The summed E-state index contributed by atoms with van der Waals surface area (Å²) in [5.74, 6) is 0.407. The Bertz CT molecular complexity index is 1140. The first-order chi connectivity index (χ1) is 14.6. The fraction of sp³-hybridized carbons (Fsp3) is 0.0833. The van der Waals surface area contributed by atoms with E-state index in [1.807, 2.05) is 53.9 Å². The molecule has 3 aromatic carbocycles. The van der Waals surface area contributed by atoms with Crippen LogP contribution in [0.4, 0.5) is 5.13 Å². The molecule has 1 aromatic heterocycles. The third-order valence-electron chi connectivity index (χ3n) is 4.50. The predicted octanol–water partition coefficient (Wildman–Crippen LogP) is 6.57. The Labute approximate surface area is 187 Å². The molecule has 4 rings (SSSR count). The summed E-state index contributed by atoms with van der Waals surface area (Å²) >= 11 is 4.81. The van der Waals surface area contributed by atoms with Crippen molar-refractivity contribution in [3.05, 3.63) is 88.2 Å². The lowest BCUT2D eigenvalue weighted by Gasteiger charge is -2.07. The standard InChI is InChI=1S/C24H19BrN2O2S/c1-16-2-4-17(5-3-16)18-8-12-21(13-9-18)29-14-23(28)27-24-26-22(15-30-24)19-6-10-20(25)11-7-19/h2-13,15H,14H2,1H3,(H,26,27,28). The Kier molecular flexibility index (Phi) is 6.26. The fourth-order valence-electron chi connectivity index (χ4n) is 2.88. The SMILES string of the molecule is Cc1ccc(-c2ccc(OCC(=O)Nc3nc(-c4ccc(Br)cc4)cs3)cc2)cc1. The van der Waals surface area contributed by atoms with E-state index >= 15 is 0 Å². The van der Waals surface area contributed by atoms with Gasteiger partial charge in [-0.2, -0.15) is 0 Å². The molecule has 0 spiro atoms. The number of aryl methyl sites for hydroxylation is 1. The predicted molar refractivity (Wildman–Crippen MR) is 126 cm³/mol. The van der Waals surface area contributed by atoms with Gasteiger partial charge in [0.15, 0.2) is 11.7 Å². The number of thiazole rings is 1. The monoisotopic (exact) mass is 478 g/mol. The van der Waals surface area contributed by atoms with E-state index in [-0.39, 0.29) is 12.5 Å². The Balaban J connectivity index is 1.31. The van der Waals surface area contributed by atoms with Gasteiger partial charge in [-0.3, -0.25) is 10.1 Å². The molecule has 0 atom stereocenters. The number of benzene rings is 3. The van der Waals surface area contributed by atoms with Gasteiger partial charge in [-0.1, -0.05) is 70.0 Å². The third kappa shape index (κ3) is 5.14. The van der Waals surface area contributed by atoms with Gasteiger partial charge < -0.3 is 4.74 Å². The van der Waals surface area contributed by atoms with E-state index in [1.165, 1.54) is 16.9 Å². The molecule has 30 heavy (non-hydrogen) atoms. The van der Waals surface area contributed by atoms with Crippen LogP contribution in [-0.2, 0) is 4.79 Å². The highest BCUT2D eigenvalue weighted by Crippen LogP contribution is 2.26. The number of hydrogen-bond donors (Lipinski definition) is 1. The second-order valence-corrected chi connectivity index (χ2v) is 8.55. The number of carbonyl (C=O) groups excluding carboxylic acids is 1. The molecule has 1 amide bonds. The fourth-order valence-corrected chi connectivity index (χ4v) is 3.88. The molecule has 0 aliphatic rings. The van der Waals surface area contributed by atoms with Crippen molar-refractivity contribution in [1.82, 2.24) is 4.98 Å². The maximum atomic E-state index is 12.2. The van der Waals surface area contributed by atoms with Crippen molar-refractivity contribution in [3.8, 4) is 28.1 Å². The van der Waals surface area contributed by atoms with Crippen LogP contribution in [0, 0.1) is 6.92 Å². The average Bonchev–Trinajstić information content (AvgIpc) is 3.22. The van der Waals surface area contributed by atoms with Gasteiger partial charge in [-0.05, 0) is 42.3 Å². The highest BCUT2D eigenvalue weighted by atomic mass is 79.9. The Morgan fingerprint density at radius 3 is 2.20 bits per heavy atom. The van der Waals surface area contributed by atoms with Crippen molar-refractivity contribution in [2.24, 2.45) is 0 Å². The van der Waals surface area contributed by atoms with Crippen LogP contribution in [-0.4, -0.2) is 17.5 Å². The molecular formula is C24H19BrN2O2S. The molecule has 0 aliphatic heterocycles. The van der Waals surface area contributed by atoms with Gasteiger partial charge in [0.2, 0.25) is 0 Å². The number of ether oxygens (including phenoxy) is 1. The van der Waals surface area contributed by atoms with Crippen molar-refractivity contribution in [2.45, 2.75) is 6.92 Å². The molecule has 0 fully saturated rings. The molecule has 0 bridgehead atoms. The van der Waals surface area contributed by atoms with Crippen LogP contribution < -0.4 is 10.1 Å². The zero-order valence-corrected chi connectivity index (χ0v) is 18.7. The molecule has 0 aliphatic carbocycles. The van der Waals surface area contributed by atoms with Crippen molar-refractivity contribution >= 4 is 38.3 Å². The topological polar surface area (TPSA) is 51.2 Å². The normalized spacial score (nSPS) is 10.6. The minimum atomic E-state index is -0.241. The van der Waals surface area contributed by atoms with Gasteiger partial charge in [0.05, 0.1) is 5.69 Å². The molecule has 4 aromatic rings. The number of rotatable bonds is 6. The Hall–Kier alpha value is -2.96. The highest BCUT2D eigenvalue weighted by Gasteiger charge is 2.09. The van der Waals surface area contributed by atoms with E-state index in [1.54, 1.807) is 0 Å². The molecule has 4 nitrogen and oxygen atoms in total. The number of hydrogen-bond acceptors (Lipinski definition) is 4. The van der Waals surface area contributed by atoms with Gasteiger partial charge in [-0.25, -0.2) is 4.98 Å². The molecule has 0 saturated carbocycles. The van der Waals surface area contributed by atoms with Crippen LogP contribution in [0.5, 0.6) is 5.75 Å². The van der Waals surface area contributed by atoms with E-state index < -0.39 is 0 Å². The van der Waals surface area contributed by atoms with Gasteiger partial charge in [0, 0.05) is 15.4 Å². The maximum Gasteiger partial charge on any atom is 0.264 e. The van der Waals surface area contributed by atoms with Crippen LogP contribution in [0.15, 0.2) is 82.6 Å². The summed E-state index contributed by atoms with van der Waals surface area (Å²) in [7, 11) is 0. The van der Waals surface area contributed by atoms with Gasteiger partial charge >= 0.3 is 0 Å². The molecule has 1 heterocycles. The lowest BCUT2D eigenvalue weighted by molar-refractivity contribution is -0.118. The van der Waals surface area contributed by atoms with E-state index in [4.69, 9.17) is 4.74 Å². The second kappa shape index (κ2) is 9.24. The number of anilines is 1. The molecule has 0 radical (unpaired) electrons. The summed E-state index contributed by atoms with van der Waals surface area (Å²) in [6, 6.07) is 24.0. The molecule has 1 N–H and O–H groups in total. The average molecular weight is 479 g/mol. The summed E-state index contributed by atoms with van der Waals surface area (Å²) in [5, 5.41) is 5.26. The van der Waals surface area contributed by atoms with Crippen LogP contribution in [0.2, 0.25) is 0 Å². The minimum absolute atomic E-state index is 0.0723. The molecule has 0 unspecified atom stereocenters. The van der Waals surface area contributed by atoms with Crippen LogP contribution in [0.25, 0.3) is 22.4 Å². The van der Waals surface area contributed by atoms with Gasteiger partial charge in [-0.15, -0.1) is 11.3 Å².